The Morgan fingerprint density at radius 2 is 1.36 bits per heavy atom. The fourth-order valence-corrected chi connectivity index (χ4v) is 0.632. The van der Waals surface area contributed by atoms with Crippen LogP contribution in [0.5, 0.6) is 0 Å². The van der Waals surface area contributed by atoms with Gasteiger partial charge in [-0.2, -0.15) is 0 Å². The second kappa shape index (κ2) is 5.45. The number of aliphatic hydroxyl groups is 5. The summed E-state index contributed by atoms with van der Waals surface area (Å²) in [6.07, 6.45) is -3.64. The van der Waals surface area contributed by atoms with Crippen molar-refractivity contribution in [2.75, 3.05) is 13.2 Å². The highest BCUT2D eigenvalue weighted by molar-refractivity contribution is 4.69. The average molecular weight is 166 g/mol. The van der Waals surface area contributed by atoms with Crippen LogP contribution in [-0.2, 0) is 0 Å². The molecule has 0 aromatic heterocycles. The molecule has 0 heterocycles. The van der Waals surface area contributed by atoms with E-state index in [9.17, 15) is 0 Å². The molecule has 0 spiro atoms. The van der Waals surface area contributed by atoms with E-state index in [0.29, 0.717) is 0 Å². The van der Waals surface area contributed by atoms with Gasteiger partial charge in [0.25, 0.3) is 0 Å². The second-order valence-corrected chi connectivity index (χ2v) is 2.39. The highest BCUT2D eigenvalue weighted by Gasteiger charge is 2.18. The molecule has 0 fully saturated rings. The highest BCUT2D eigenvalue weighted by atomic mass is 16.4. The monoisotopic (exact) mass is 166 g/mol. The molecular formula is C6H14O5. The quantitative estimate of drug-likeness (QED) is 0.309. The molecule has 68 valence electrons. The first-order valence-electron chi connectivity index (χ1n) is 3.37. The summed E-state index contributed by atoms with van der Waals surface area (Å²) in [5.74, 6) is 0. The van der Waals surface area contributed by atoms with Crippen molar-refractivity contribution >= 4 is 0 Å². The van der Waals surface area contributed by atoms with Gasteiger partial charge in [0.15, 0.2) is 0 Å². The van der Waals surface area contributed by atoms with Crippen molar-refractivity contribution in [3.63, 3.8) is 0 Å². The Bertz CT molecular complexity index is 97.0. The van der Waals surface area contributed by atoms with Crippen LogP contribution in [0.1, 0.15) is 6.42 Å². The van der Waals surface area contributed by atoms with E-state index in [2.05, 4.69) is 0 Å². The van der Waals surface area contributed by atoms with E-state index in [0.717, 1.165) is 0 Å². The van der Waals surface area contributed by atoms with Crippen molar-refractivity contribution in [1.29, 1.82) is 0 Å². The van der Waals surface area contributed by atoms with Gasteiger partial charge < -0.3 is 25.5 Å². The first-order chi connectivity index (χ1) is 5.11. The Labute approximate surface area is 64.5 Å². The largest absolute Gasteiger partial charge is 0.394 e. The van der Waals surface area contributed by atoms with Crippen molar-refractivity contribution in [3.8, 4) is 0 Å². The molecule has 0 radical (unpaired) electrons. The molecular weight excluding hydrogens is 152 g/mol. The summed E-state index contributed by atoms with van der Waals surface area (Å²) in [7, 11) is 0. The van der Waals surface area contributed by atoms with Crippen LogP contribution in [0.4, 0.5) is 0 Å². The van der Waals surface area contributed by atoms with Crippen LogP contribution < -0.4 is 0 Å². The topological polar surface area (TPSA) is 101 Å². The molecule has 0 amide bonds. The molecule has 0 bridgehead atoms. The van der Waals surface area contributed by atoms with Crippen molar-refractivity contribution in [3.05, 3.63) is 0 Å². The minimum atomic E-state index is -1.25. The molecule has 0 aliphatic rings. The summed E-state index contributed by atoms with van der Waals surface area (Å²) in [5.41, 5.74) is 0. The van der Waals surface area contributed by atoms with Crippen LogP contribution >= 0.6 is 0 Å². The zero-order chi connectivity index (χ0) is 8.85. The first kappa shape index (κ1) is 10.8. The third-order valence-electron chi connectivity index (χ3n) is 1.36. The number of hydrogen-bond acceptors (Lipinski definition) is 5. The minimum absolute atomic E-state index is 0.141. The number of aliphatic hydroxyl groups excluding tert-OH is 5. The average Bonchev–Trinajstić information content (AvgIpc) is 2.02. The standard InChI is InChI=1S/C6H14O5/c7-2-4(9)1-5(10)6(11)3-8/h4-11H,1-3H2/t4-,5-,6-/m1/s1. The molecule has 0 aliphatic heterocycles. The maximum absolute atomic E-state index is 8.94. The van der Waals surface area contributed by atoms with Crippen LogP contribution in [0.25, 0.3) is 0 Å². The summed E-state index contributed by atoms with van der Waals surface area (Å²) in [6.45, 7) is -1.02. The van der Waals surface area contributed by atoms with Gasteiger partial charge in [-0.05, 0) is 0 Å². The Morgan fingerprint density at radius 3 is 1.73 bits per heavy atom. The molecule has 0 saturated heterocycles. The normalized spacial score (nSPS) is 19.4. The van der Waals surface area contributed by atoms with Crippen LogP contribution in [-0.4, -0.2) is 57.1 Å². The van der Waals surface area contributed by atoms with Gasteiger partial charge in [0, 0.05) is 6.42 Å². The molecule has 0 saturated carbocycles. The molecule has 5 N–H and O–H groups in total. The van der Waals surface area contributed by atoms with Gasteiger partial charge in [0.1, 0.15) is 6.10 Å². The smallest absolute Gasteiger partial charge is 0.103 e. The lowest BCUT2D eigenvalue weighted by Gasteiger charge is -2.17. The van der Waals surface area contributed by atoms with E-state index in [4.69, 9.17) is 25.5 Å². The predicted octanol–water partition coefficient (Wildman–Crippen LogP) is -2.56. The molecule has 0 aromatic carbocycles. The van der Waals surface area contributed by atoms with Crippen LogP contribution in [0, 0.1) is 0 Å². The van der Waals surface area contributed by atoms with E-state index in [1.165, 1.54) is 0 Å². The van der Waals surface area contributed by atoms with E-state index in [1.54, 1.807) is 0 Å². The third kappa shape index (κ3) is 4.28. The lowest BCUT2D eigenvalue weighted by atomic mass is 10.1. The van der Waals surface area contributed by atoms with Crippen molar-refractivity contribution in [1.82, 2.24) is 0 Å². The van der Waals surface area contributed by atoms with Gasteiger partial charge in [0.05, 0.1) is 25.4 Å². The van der Waals surface area contributed by atoms with Crippen molar-refractivity contribution < 1.29 is 25.5 Å². The SMILES string of the molecule is OC[C@H](O)C[C@@H](O)[C@H](O)CO. The third-order valence-corrected chi connectivity index (χ3v) is 1.36. The Morgan fingerprint density at radius 1 is 0.818 bits per heavy atom. The number of rotatable bonds is 5. The van der Waals surface area contributed by atoms with Gasteiger partial charge in [-0.15, -0.1) is 0 Å². The Kier molecular flexibility index (Phi) is 5.35. The second-order valence-electron chi connectivity index (χ2n) is 2.39. The fourth-order valence-electron chi connectivity index (χ4n) is 0.632. The molecule has 0 unspecified atom stereocenters. The first-order valence-corrected chi connectivity index (χ1v) is 3.37. The lowest BCUT2D eigenvalue weighted by Crippen LogP contribution is -2.33. The summed E-state index contributed by atoms with van der Waals surface area (Å²) in [4.78, 5) is 0. The van der Waals surface area contributed by atoms with Gasteiger partial charge >= 0.3 is 0 Å². The van der Waals surface area contributed by atoms with Crippen LogP contribution in [0.15, 0.2) is 0 Å². The summed E-state index contributed by atoms with van der Waals surface area (Å²) in [6, 6.07) is 0. The maximum Gasteiger partial charge on any atom is 0.103 e. The molecule has 0 aromatic rings. The molecule has 11 heavy (non-hydrogen) atoms. The maximum atomic E-state index is 8.94. The Hall–Kier alpha value is -0.200. The zero-order valence-corrected chi connectivity index (χ0v) is 6.09. The van der Waals surface area contributed by atoms with E-state index < -0.39 is 31.5 Å². The molecule has 5 heteroatoms. The molecule has 3 atom stereocenters. The van der Waals surface area contributed by atoms with Crippen molar-refractivity contribution in [2.24, 2.45) is 0 Å². The van der Waals surface area contributed by atoms with Crippen LogP contribution in [0.3, 0.4) is 0 Å². The molecule has 0 aliphatic carbocycles. The van der Waals surface area contributed by atoms with Crippen molar-refractivity contribution in [2.45, 2.75) is 24.7 Å². The minimum Gasteiger partial charge on any atom is -0.394 e. The van der Waals surface area contributed by atoms with Gasteiger partial charge in [-0.3, -0.25) is 0 Å². The zero-order valence-electron chi connectivity index (χ0n) is 6.09. The fraction of sp³-hybridized carbons (Fsp3) is 1.00. The Balaban J connectivity index is 3.58. The van der Waals surface area contributed by atoms with E-state index in [-0.39, 0.29) is 6.42 Å². The highest BCUT2D eigenvalue weighted by Crippen LogP contribution is 2.02. The lowest BCUT2D eigenvalue weighted by molar-refractivity contribution is -0.0437. The van der Waals surface area contributed by atoms with Gasteiger partial charge in [-0.25, -0.2) is 0 Å². The summed E-state index contributed by atoms with van der Waals surface area (Å²) >= 11 is 0. The van der Waals surface area contributed by atoms with Gasteiger partial charge in [-0.1, -0.05) is 0 Å². The number of hydrogen-bond donors (Lipinski definition) is 5. The van der Waals surface area contributed by atoms with Crippen LogP contribution in [0.2, 0.25) is 0 Å². The summed E-state index contributed by atoms with van der Waals surface area (Å²) < 4.78 is 0. The van der Waals surface area contributed by atoms with E-state index >= 15 is 0 Å². The van der Waals surface area contributed by atoms with E-state index in [1.807, 2.05) is 0 Å². The summed E-state index contributed by atoms with van der Waals surface area (Å²) in [5, 5.41) is 43.2. The predicted molar refractivity (Wildman–Crippen MR) is 36.8 cm³/mol. The molecule has 0 rings (SSSR count). The molecule has 5 nitrogen and oxygen atoms in total. The van der Waals surface area contributed by atoms with Gasteiger partial charge in [0.2, 0.25) is 0 Å².